The molecule has 1 atom stereocenters. The molecule has 4 nitrogen and oxygen atoms in total. The lowest BCUT2D eigenvalue weighted by atomic mass is 9.46. The molecule has 1 aliphatic heterocycles. The van der Waals surface area contributed by atoms with Crippen LogP contribution in [0.5, 0.6) is 0 Å². The van der Waals surface area contributed by atoms with Gasteiger partial charge in [-0.05, 0) is 61.7 Å². The average molecular weight is 248 g/mol. The van der Waals surface area contributed by atoms with Gasteiger partial charge in [-0.2, -0.15) is 0 Å². The van der Waals surface area contributed by atoms with Crippen molar-refractivity contribution in [2.45, 2.75) is 44.9 Å². The lowest BCUT2D eigenvalue weighted by Gasteiger charge is -2.58. The highest BCUT2D eigenvalue weighted by molar-refractivity contribution is 6.03. The third kappa shape index (κ3) is 1.30. The summed E-state index contributed by atoms with van der Waals surface area (Å²) >= 11 is 0. The summed E-state index contributed by atoms with van der Waals surface area (Å²) in [6.45, 7) is 0. The van der Waals surface area contributed by atoms with Crippen molar-refractivity contribution in [3.63, 3.8) is 0 Å². The first kappa shape index (κ1) is 11.0. The number of nitrogens with zero attached hydrogens (tertiary/aromatic N) is 1. The van der Waals surface area contributed by atoms with Crippen LogP contribution in [0, 0.1) is 29.1 Å². The van der Waals surface area contributed by atoms with E-state index in [9.17, 15) is 9.59 Å². The van der Waals surface area contributed by atoms with Crippen LogP contribution in [-0.2, 0) is 9.59 Å². The van der Waals surface area contributed by atoms with E-state index in [-0.39, 0.29) is 23.1 Å². The fourth-order valence-electron chi connectivity index (χ4n) is 5.73. The molecule has 5 rings (SSSR count). The molecule has 0 radical (unpaired) electrons. The molecule has 98 valence electrons. The maximum atomic E-state index is 12.2. The number of amides is 2. The molecule has 4 aliphatic carbocycles. The molecule has 4 bridgehead atoms. The minimum absolute atomic E-state index is 0.108. The second-order valence-electron chi connectivity index (χ2n) is 7.14. The molecule has 2 N–H and O–H groups in total. The molecule has 5 fully saturated rings. The molecule has 0 spiro atoms. The van der Waals surface area contributed by atoms with Crippen molar-refractivity contribution in [3.05, 3.63) is 0 Å². The van der Waals surface area contributed by atoms with Crippen LogP contribution in [0.1, 0.15) is 44.9 Å². The number of nitrogens with two attached hydrogens (primary N) is 1. The Balaban J connectivity index is 1.68. The van der Waals surface area contributed by atoms with Crippen molar-refractivity contribution in [2.75, 3.05) is 0 Å². The van der Waals surface area contributed by atoms with Crippen LogP contribution in [0.3, 0.4) is 0 Å². The molecule has 4 heteroatoms. The second-order valence-corrected chi connectivity index (χ2v) is 7.14. The molecule has 1 heterocycles. The van der Waals surface area contributed by atoms with Gasteiger partial charge in [0.2, 0.25) is 11.8 Å². The number of imide groups is 1. The summed E-state index contributed by atoms with van der Waals surface area (Å²) in [6.07, 6.45) is 7.94. The van der Waals surface area contributed by atoms with Crippen LogP contribution in [0.15, 0.2) is 0 Å². The van der Waals surface area contributed by atoms with Gasteiger partial charge >= 0.3 is 0 Å². The largest absolute Gasteiger partial charge is 0.273 e. The smallest absolute Gasteiger partial charge is 0.247 e. The van der Waals surface area contributed by atoms with Crippen molar-refractivity contribution in [3.8, 4) is 0 Å². The summed E-state index contributed by atoms with van der Waals surface area (Å²) in [7, 11) is 0. The number of hydrazine groups is 1. The van der Waals surface area contributed by atoms with Crippen LogP contribution in [0.4, 0.5) is 0 Å². The number of carbonyl (C=O) groups is 2. The van der Waals surface area contributed by atoms with Gasteiger partial charge in [0, 0.05) is 6.42 Å². The minimum Gasteiger partial charge on any atom is -0.273 e. The quantitative estimate of drug-likeness (QED) is 0.434. The summed E-state index contributed by atoms with van der Waals surface area (Å²) in [5.74, 6) is 7.60. The fourth-order valence-corrected chi connectivity index (χ4v) is 5.73. The van der Waals surface area contributed by atoms with E-state index in [1.165, 1.54) is 19.3 Å². The molecular weight excluding hydrogens is 228 g/mol. The zero-order valence-electron chi connectivity index (χ0n) is 10.6. The predicted molar refractivity (Wildman–Crippen MR) is 64.8 cm³/mol. The average Bonchev–Trinajstić information content (AvgIpc) is 2.56. The highest BCUT2D eigenvalue weighted by atomic mass is 16.2. The van der Waals surface area contributed by atoms with Gasteiger partial charge in [0.05, 0.1) is 5.92 Å². The number of carbonyl (C=O) groups excluding carboxylic acids is 2. The lowest BCUT2D eigenvalue weighted by molar-refractivity contribution is -0.146. The third-order valence-electron chi connectivity index (χ3n) is 6.01. The molecule has 0 aromatic carbocycles. The zero-order chi connectivity index (χ0) is 12.5. The molecular formula is C14H20N2O2. The van der Waals surface area contributed by atoms with Crippen molar-refractivity contribution in [1.29, 1.82) is 0 Å². The van der Waals surface area contributed by atoms with E-state index in [2.05, 4.69) is 0 Å². The maximum Gasteiger partial charge on any atom is 0.247 e. The van der Waals surface area contributed by atoms with Crippen molar-refractivity contribution >= 4 is 11.8 Å². The normalized spacial score (nSPS) is 50.4. The van der Waals surface area contributed by atoms with E-state index >= 15 is 0 Å². The molecule has 4 saturated carbocycles. The summed E-state index contributed by atoms with van der Waals surface area (Å²) < 4.78 is 0. The summed E-state index contributed by atoms with van der Waals surface area (Å²) in [5, 5.41) is 0.878. The van der Waals surface area contributed by atoms with Crippen molar-refractivity contribution in [1.82, 2.24) is 5.01 Å². The summed E-state index contributed by atoms with van der Waals surface area (Å²) in [6, 6.07) is 0. The van der Waals surface area contributed by atoms with E-state index in [1.807, 2.05) is 0 Å². The molecule has 0 aromatic rings. The van der Waals surface area contributed by atoms with E-state index in [4.69, 9.17) is 5.84 Å². The number of hydrogen-bond donors (Lipinski definition) is 1. The van der Waals surface area contributed by atoms with Crippen LogP contribution < -0.4 is 5.84 Å². The molecule has 2 amide bonds. The van der Waals surface area contributed by atoms with Gasteiger partial charge in [0.15, 0.2) is 0 Å². The van der Waals surface area contributed by atoms with Gasteiger partial charge in [-0.3, -0.25) is 9.59 Å². The maximum absolute atomic E-state index is 12.2. The number of rotatable bonds is 1. The van der Waals surface area contributed by atoms with Crippen molar-refractivity contribution in [2.24, 2.45) is 34.9 Å². The fraction of sp³-hybridized carbons (Fsp3) is 0.857. The van der Waals surface area contributed by atoms with Gasteiger partial charge < -0.3 is 0 Å². The summed E-state index contributed by atoms with van der Waals surface area (Å²) in [5.41, 5.74) is 0.121. The van der Waals surface area contributed by atoms with Gasteiger partial charge in [0.25, 0.3) is 0 Å². The highest BCUT2D eigenvalue weighted by Crippen LogP contribution is 2.63. The van der Waals surface area contributed by atoms with Gasteiger partial charge in [0.1, 0.15) is 0 Å². The monoisotopic (exact) mass is 248 g/mol. The molecule has 1 unspecified atom stereocenters. The first-order valence-electron chi connectivity index (χ1n) is 7.19. The van der Waals surface area contributed by atoms with Crippen LogP contribution in [0.25, 0.3) is 0 Å². The highest BCUT2D eigenvalue weighted by Gasteiger charge is 2.58. The van der Waals surface area contributed by atoms with Crippen molar-refractivity contribution < 1.29 is 9.59 Å². The second kappa shape index (κ2) is 3.35. The minimum atomic E-state index is -0.180. The Bertz CT molecular complexity index is 396. The SMILES string of the molecule is NN1C(=O)CC(C23CC4CC(CC(C4)C2)C3)C1=O. The Morgan fingerprint density at radius 1 is 1.00 bits per heavy atom. The molecule has 1 saturated heterocycles. The lowest BCUT2D eigenvalue weighted by Crippen LogP contribution is -2.51. The molecule has 18 heavy (non-hydrogen) atoms. The van der Waals surface area contributed by atoms with Crippen LogP contribution in [-0.4, -0.2) is 16.8 Å². The zero-order valence-corrected chi connectivity index (χ0v) is 10.6. The number of hydrogen-bond acceptors (Lipinski definition) is 3. The first-order valence-corrected chi connectivity index (χ1v) is 7.19. The van der Waals surface area contributed by atoms with E-state index in [0.717, 1.165) is 42.0 Å². The van der Waals surface area contributed by atoms with Crippen LogP contribution in [0.2, 0.25) is 0 Å². The van der Waals surface area contributed by atoms with Crippen LogP contribution >= 0.6 is 0 Å². The van der Waals surface area contributed by atoms with E-state index in [1.54, 1.807) is 0 Å². The van der Waals surface area contributed by atoms with Gasteiger partial charge in [-0.1, -0.05) is 0 Å². The topological polar surface area (TPSA) is 63.4 Å². The third-order valence-corrected chi connectivity index (χ3v) is 6.01. The van der Waals surface area contributed by atoms with Gasteiger partial charge in [-0.25, -0.2) is 10.9 Å². The Morgan fingerprint density at radius 3 is 1.89 bits per heavy atom. The summed E-state index contributed by atoms with van der Waals surface area (Å²) in [4.78, 5) is 23.9. The van der Waals surface area contributed by atoms with Gasteiger partial charge in [-0.15, -0.1) is 0 Å². The Hall–Kier alpha value is -0.900. The molecule has 5 aliphatic rings. The van der Waals surface area contributed by atoms with E-state index in [0.29, 0.717) is 6.42 Å². The Kier molecular flexibility index (Phi) is 2.04. The molecule has 0 aromatic heterocycles. The van der Waals surface area contributed by atoms with E-state index < -0.39 is 0 Å². The standard InChI is InChI=1S/C14H20N2O2/c15-16-12(17)4-11(13(16)18)14-5-8-1-9(6-14)3-10(2-8)7-14/h8-11H,1-7,15H2. The first-order chi connectivity index (χ1) is 8.57. The predicted octanol–water partition coefficient (Wildman–Crippen LogP) is 1.45. The Labute approximate surface area is 107 Å². The Morgan fingerprint density at radius 2 is 1.50 bits per heavy atom.